The zero-order valence-corrected chi connectivity index (χ0v) is 8.99. The number of fused-ring (bicyclic) bond motifs is 1. The van der Waals surface area contributed by atoms with Gasteiger partial charge < -0.3 is 5.73 Å². The van der Waals surface area contributed by atoms with Crippen LogP contribution in [0.1, 0.15) is 19.4 Å². The molecule has 0 aliphatic carbocycles. The minimum atomic E-state index is -1.30. The van der Waals surface area contributed by atoms with E-state index in [1.807, 2.05) is 23.6 Å². The molecule has 1 nitrogen and oxygen atoms in total. The summed E-state index contributed by atoms with van der Waals surface area (Å²) in [5.41, 5.74) is 5.79. The molecule has 0 aliphatic rings. The number of benzene rings is 1. The van der Waals surface area contributed by atoms with Crippen molar-refractivity contribution in [3.63, 3.8) is 0 Å². The Morgan fingerprint density at radius 1 is 1.36 bits per heavy atom. The Bertz CT molecular complexity index is 468. The fourth-order valence-corrected chi connectivity index (χ4v) is 2.60. The lowest BCUT2D eigenvalue weighted by Crippen LogP contribution is -2.07. The van der Waals surface area contributed by atoms with E-state index in [1.54, 1.807) is 25.2 Å². The minimum Gasteiger partial charge on any atom is -0.399 e. The van der Waals surface area contributed by atoms with Gasteiger partial charge in [-0.05, 0) is 37.4 Å². The standard InChI is InChI=1S/C11H12FNS/c1-11(2,12)9-6-14-10-4-3-7(13)5-8(9)10/h3-6H,13H2,1-2H3. The molecule has 0 unspecified atom stereocenters. The van der Waals surface area contributed by atoms with Crippen molar-refractivity contribution in [2.24, 2.45) is 0 Å². The number of hydrogen-bond donors (Lipinski definition) is 1. The van der Waals surface area contributed by atoms with Gasteiger partial charge in [0.05, 0.1) is 0 Å². The summed E-state index contributed by atoms with van der Waals surface area (Å²) in [5, 5.41) is 2.80. The molecule has 0 bridgehead atoms. The van der Waals surface area contributed by atoms with E-state index in [0.29, 0.717) is 5.69 Å². The summed E-state index contributed by atoms with van der Waals surface area (Å²) in [7, 11) is 0. The molecule has 0 fully saturated rings. The Kier molecular flexibility index (Phi) is 2.00. The number of thiophene rings is 1. The smallest absolute Gasteiger partial charge is 0.131 e. The van der Waals surface area contributed by atoms with E-state index in [4.69, 9.17) is 5.73 Å². The highest BCUT2D eigenvalue weighted by Crippen LogP contribution is 2.36. The number of alkyl halides is 1. The van der Waals surface area contributed by atoms with Crippen molar-refractivity contribution >= 4 is 27.1 Å². The van der Waals surface area contributed by atoms with Crippen LogP contribution in [0.4, 0.5) is 10.1 Å². The van der Waals surface area contributed by atoms with Gasteiger partial charge in [0.1, 0.15) is 5.67 Å². The quantitative estimate of drug-likeness (QED) is 0.712. The lowest BCUT2D eigenvalue weighted by molar-refractivity contribution is 0.224. The molecule has 0 spiro atoms. The van der Waals surface area contributed by atoms with Crippen LogP contribution in [0.25, 0.3) is 10.1 Å². The summed E-state index contributed by atoms with van der Waals surface area (Å²) in [6.45, 7) is 3.13. The fraction of sp³-hybridized carbons (Fsp3) is 0.273. The Morgan fingerprint density at radius 2 is 2.07 bits per heavy atom. The highest BCUT2D eigenvalue weighted by molar-refractivity contribution is 7.17. The van der Waals surface area contributed by atoms with E-state index >= 15 is 0 Å². The van der Waals surface area contributed by atoms with Gasteiger partial charge in [0.2, 0.25) is 0 Å². The molecule has 0 saturated carbocycles. The van der Waals surface area contributed by atoms with E-state index in [1.165, 1.54) is 0 Å². The highest BCUT2D eigenvalue weighted by Gasteiger charge is 2.22. The fourth-order valence-electron chi connectivity index (χ4n) is 1.51. The molecule has 0 atom stereocenters. The first-order chi connectivity index (χ1) is 6.48. The maximum atomic E-state index is 13.8. The van der Waals surface area contributed by atoms with Crippen LogP contribution in [0.3, 0.4) is 0 Å². The molecule has 0 saturated heterocycles. The molecular weight excluding hydrogens is 197 g/mol. The van der Waals surface area contributed by atoms with Crippen molar-refractivity contribution in [3.05, 3.63) is 29.1 Å². The molecule has 0 aliphatic heterocycles. The summed E-state index contributed by atoms with van der Waals surface area (Å²) >= 11 is 1.55. The zero-order valence-electron chi connectivity index (χ0n) is 8.17. The molecule has 3 heteroatoms. The number of anilines is 1. The summed E-state index contributed by atoms with van der Waals surface area (Å²) in [5.74, 6) is 0. The maximum absolute atomic E-state index is 13.8. The van der Waals surface area contributed by atoms with Crippen molar-refractivity contribution in [3.8, 4) is 0 Å². The van der Waals surface area contributed by atoms with Gasteiger partial charge in [-0.3, -0.25) is 0 Å². The van der Waals surface area contributed by atoms with Crippen molar-refractivity contribution in [1.29, 1.82) is 0 Å². The van der Waals surface area contributed by atoms with Gasteiger partial charge in [-0.1, -0.05) is 0 Å². The van der Waals surface area contributed by atoms with Crippen molar-refractivity contribution in [1.82, 2.24) is 0 Å². The number of halogens is 1. The van der Waals surface area contributed by atoms with Crippen LogP contribution < -0.4 is 5.73 Å². The van der Waals surface area contributed by atoms with Gasteiger partial charge in [0, 0.05) is 21.3 Å². The summed E-state index contributed by atoms with van der Waals surface area (Å²) in [6, 6.07) is 5.61. The van der Waals surface area contributed by atoms with Crippen molar-refractivity contribution < 1.29 is 4.39 Å². The summed E-state index contributed by atoms with van der Waals surface area (Å²) in [6.07, 6.45) is 0. The third-order valence-corrected chi connectivity index (χ3v) is 3.20. The number of nitrogens with two attached hydrogens (primary N) is 1. The predicted octanol–water partition coefficient (Wildman–Crippen LogP) is 3.69. The van der Waals surface area contributed by atoms with Crippen LogP contribution in [-0.2, 0) is 5.67 Å². The van der Waals surface area contributed by atoms with Crippen LogP contribution in [0.2, 0.25) is 0 Å². The lowest BCUT2D eigenvalue weighted by atomic mass is 9.99. The minimum absolute atomic E-state index is 0.682. The van der Waals surface area contributed by atoms with Gasteiger partial charge in [-0.15, -0.1) is 11.3 Å². The van der Waals surface area contributed by atoms with E-state index in [0.717, 1.165) is 15.6 Å². The SMILES string of the molecule is CC(C)(F)c1csc2ccc(N)cc12. The Labute approximate surface area is 86.4 Å². The first-order valence-corrected chi connectivity index (χ1v) is 5.32. The van der Waals surface area contributed by atoms with E-state index in [-0.39, 0.29) is 0 Å². The zero-order chi connectivity index (χ0) is 10.3. The molecule has 2 aromatic rings. The molecule has 2 rings (SSSR count). The predicted molar refractivity (Wildman–Crippen MR) is 60.4 cm³/mol. The number of nitrogen functional groups attached to an aromatic ring is 1. The Balaban J connectivity index is 2.73. The average molecular weight is 209 g/mol. The molecule has 2 N–H and O–H groups in total. The third-order valence-electron chi connectivity index (χ3n) is 2.24. The number of hydrogen-bond acceptors (Lipinski definition) is 2. The molecule has 14 heavy (non-hydrogen) atoms. The second kappa shape index (κ2) is 2.95. The van der Waals surface area contributed by atoms with Crippen LogP contribution in [-0.4, -0.2) is 0 Å². The van der Waals surface area contributed by atoms with Crippen LogP contribution in [0.15, 0.2) is 23.6 Å². The van der Waals surface area contributed by atoms with Crippen molar-refractivity contribution in [2.45, 2.75) is 19.5 Å². The van der Waals surface area contributed by atoms with Crippen LogP contribution >= 0.6 is 11.3 Å². The van der Waals surface area contributed by atoms with Gasteiger partial charge in [-0.2, -0.15) is 0 Å². The Hall–Kier alpha value is -1.09. The van der Waals surface area contributed by atoms with Crippen molar-refractivity contribution in [2.75, 3.05) is 5.73 Å². The topological polar surface area (TPSA) is 26.0 Å². The molecular formula is C11H12FNS. The average Bonchev–Trinajstić information content (AvgIpc) is 2.45. The van der Waals surface area contributed by atoms with E-state index in [2.05, 4.69) is 0 Å². The molecule has 0 amide bonds. The van der Waals surface area contributed by atoms with Gasteiger partial charge in [0.25, 0.3) is 0 Å². The highest BCUT2D eigenvalue weighted by atomic mass is 32.1. The van der Waals surface area contributed by atoms with Gasteiger partial charge in [-0.25, -0.2) is 4.39 Å². The third kappa shape index (κ3) is 1.48. The second-order valence-corrected chi connectivity index (χ2v) is 4.79. The molecule has 1 aromatic heterocycles. The monoisotopic (exact) mass is 209 g/mol. The Morgan fingerprint density at radius 3 is 2.71 bits per heavy atom. The van der Waals surface area contributed by atoms with E-state index in [9.17, 15) is 4.39 Å². The van der Waals surface area contributed by atoms with E-state index < -0.39 is 5.67 Å². The van der Waals surface area contributed by atoms with Crippen LogP contribution in [0.5, 0.6) is 0 Å². The van der Waals surface area contributed by atoms with Crippen LogP contribution in [0, 0.1) is 0 Å². The summed E-state index contributed by atoms with van der Waals surface area (Å²) in [4.78, 5) is 0. The molecule has 74 valence electrons. The second-order valence-electron chi connectivity index (χ2n) is 3.88. The van der Waals surface area contributed by atoms with Gasteiger partial charge >= 0.3 is 0 Å². The van der Waals surface area contributed by atoms with Gasteiger partial charge in [0.15, 0.2) is 0 Å². The summed E-state index contributed by atoms with van der Waals surface area (Å²) < 4.78 is 14.9. The first kappa shape index (κ1) is 9.46. The largest absolute Gasteiger partial charge is 0.399 e. The first-order valence-electron chi connectivity index (χ1n) is 4.44. The molecule has 0 radical (unpaired) electrons. The number of rotatable bonds is 1. The maximum Gasteiger partial charge on any atom is 0.131 e. The molecule has 1 heterocycles. The normalized spacial score (nSPS) is 12.2. The lowest BCUT2D eigenvalue weighted by Gasteiger charge is -2.12. The molecule has 1 aromatic carbocycles.